The van der Waals surface area contributed by atoms with Gasteiger partial charge in [0.2, 0.25) is 0 Å². The molecule has 0 unspecified atom stereocenters. The van der Waals surface area contributed by atoms with Crippen molar-refractivity contribution in [2.24, 2.45) is 0 Å². The van der Waals surface area contributed by atoms with Crippen LogP contribution in [-0.2, 0) is 0 Å². The minimum absolute atomic E-state index is 0.966. The standard InChI is InChI=1S/C35H22N2S/c1-3-10-23(11-4-1)30-21-26(22-31(36-30)24-12-5-2-6-13-24)37-19-18-25-20-29-27-14-7-8-17-33(27)38-35(29)28-15-9-16-32(37)34(25)28/h1-22H. The molecular weight excluding hydrogens is 480 g/mol. The molecule has 7 aromatic rings. The maximum atomic E-state index is 5.08. The second-order valence-corrected chi connectivity index (χ2v) is 10.7. The van der Waals surface area contributed by atoms with Crippen LogP contribution in [0.25, 0.3) is 59.5 Å². The Balaban J connectivity index is 1.37. The van der Waals surface area contributed by atoms with Gasteiger partial charge in [-0.3, -0.25) is 0 Å². The fourth-order valence-corrected chi connectivity index (χ4v) is 6.84. The van der Waals surface area contributed by atoms with Gasteiger partial charge in [0.1, 0.15) is 0 Å². The summed E-state index contributed by atoms with van der Waals surface area (Å²) in [4.78, 5) is 7.39. The number of hydrogen-bond acceptors (Lipinski definition) is 3. The molecule has 2 aromatic heterocycles. The third kappa shape index (κ3) is 3.29. The molecule has 38 heavy (non-hydrogen) atoms. The molecule has 3 heterocycles. The SMILES string of the molecule is C1=CN(c2cc(-c3ccccc3)nc(-c3ccccc3)c2)c2cccc3c2c1cc1c2ccccc2sc31. The summed E-state index contributed by atoms with van der Waals surface area (Å²) in [6, 6.07) is 43.1. The molecule has 178 valence electrons. The Hall–Kier alpha value is -4.73. The number of thiophene rings is 1. The van der Waals surface area contributed by atoms with Crippen molar-refractivity contribution in [3.8, 4) is 22.5 Å². The molecule has 0 amide bonds. The monoisotopic (exact) mass is 502 g/mol. The maximum Gasteiger partial charge on any atom is 0.0730 e. The minimum atomic E-state index is 0.966. The van der Waals surface area contributed by atoms with E-state index < -0.39 is 0 Å². The van der Waals surface area contributed by atoms with Gasteiger partial charge in [-0.1, -0.05) is 91.0 Å². The lowest BCUT2D eigenvalue weighted by atomic mass is 9.96. The summed E-state index contributed by atoms with van der Waals surface area (Å²) in [6.45, 7) is 0. The zero-order chi connectivity index (χ0) is 25.1. The highest BCUT2D eigenvalue weighted by Crippen LogP contribution is 2.46. The van der Waals surface area contributed by atoms with Crippen LogP contribution >= 0.6 is 11.3 Å². The summed E-state index contributed by atoms with van der Waals surface area (Å²) in [7, 11) is 0. The smallest absolute Gasteiger partial charge is 0.0730 e. The van der Waals surface area contributed by atoms with Gasteiger partial charge in [-0.2, -0.15) is 0 Å². The Morgan fingerprint density at radius 2 is 1.24 bits per heavy atom. The van der Waals surface area contributed by atoms with E-state index in [2.05, 4.69) is 126 Å². The molecule has 8 rings (SSSR count). The van der Waals surface area contributed by atoms with Crippen molar-refractivity contribution in [1.29, 1.82) is 0 Å². The van der Waals surface area contributed by atoms with E-state index in [1.165, 1.54) is 42.2 Å². The number of pyridine rings is 1. The van der Waals surface area contributed by atoms with Crippen molar-refractivity contribution in [2.45, 2.75) is 0 Å². The van der Waals surface area contributed by atoms with Crippen molar-refractivity contribution < 1.29 is 0 Å². The van der Waals surface area contributed by atoms with Gasteiger partial charge in [0.15, 0.2) is 0 Å². The lowest BCUT2D eigenvalue weighted by molar-refractivity contribution is 1.25. The van der Waals surface area contributed by atoms with Gasteiger partial charge in [-0.05, 0) is 42.0 Å². The normalized spacial score (nSPS) is 12.6. The van der Waals surface area contributed by atoms with E-state index in [1.807, 2.05) is 23.5 Å². The summed E-state index contributed by atoms with van der Waals surface area (Å²) in [6.07, 6.45) is 4.46. The maximum absolute atomic E-state index is 5.08. The highest BCUT2D eigenvalue weighted by Gasteiger charge is 2.21. The van der Waals surface area contributed by atoms with E-state index in [4.69, 9.17) is 4.98 Å². The molecule has 0 saturated heterocycles. The van der Waals surface area contributed by atoms with Gasteiger partial charge in [0.05, 0.1) is 17.1 Å². The van der Waals surface area contributed by atoms with Gasteiger partial charge in [-0.15, -0.1) is 11.3 Å². The van der Waals surface area contributed by atoms with E-state index in [9.17, 15) is 0 Å². The zero-order valence-electron chi connectivity index (χ0n) is 20.5. The van der Waals surface area contributed by atoms with Crippen molar-refractivity contribution in [1.82, 2.24) is 4.98 Å². The Labute approximate surface area is 224 Å². The summed E-state index contributed by atoms with van der Waals surface area (Å²) >= 11 is 1.89. The second-order valence-electron chi connectivity index (χ2n) is 9.65. The second kappa shape index (κ2) is 8.41. The number of aromatic nitrogens is 1. The first kappa shape index (κ1) is 21.4. The first-order chi connectivity index (χ1) is 18.8. The lowest BCUT2D eigenvalue weighted by Gasteiger charge is -2.27. The van der Waals surface area contributed by atoms with E-state index in [-0.39, 0.29) is 0 Å². The van der Waals surface area contributed by atoms with Gasteiger partial charge >= 0.3 is 0 Å². The summed E-state index contributed by atoms with van der Waals surface area (Å²) in [5, 5.41) is 5.28. The average molecular weight is 503 g/mol. The Morgan fingerprint density at radius 3 is 1.97 bits per heavy atom. The van der Waals surface area contributed by atoms with Crippen molar-refractivity contribution in [3.05, 3.63) is 133 Å². The largest absolute Gasteiger partial charge is 0.316 e. The molecule has 5 aromatic carbocycles. The molecule has 1 aliphatic rings. The van der Waals surface area contributed by atoms with Crippen molar-refractivity contribution >= 4 is 59.7 Å². The number of hydrogen-bond donors (Lipinski definition) is 0. The summed E-state index contributed by atoms with van der Waals surface area (Å²) in [5.74, 6) is 0. The lowest BCUT2D eigenvalue weighted by Crippen LogP contribution is -2.12. The van der Waals surface area contributed by atoms with Crippen LogP contribution in [-0.4, -0.2) is 4.98 Å². The van der Waals surface area contributed by atoms with Crippen LogP contribution in [0.3, 0.4) is 0 Å². The van der Waals surface area contributed by atoms with Crippen LogP contribution < -0.4 is 4.90 Å². The quantitative estimate of drug-likeness (QED) is 0.239. The first-order valence-corrected chi connectivity index (χ1v) is 13.6. The molecule has 0 saturated carbocycles. The molecule has 0 radical (unpaired) electrons. The summed E-state index contributed by atoms with van der Waals surface area (Å²) < 4.78 is 2.69. The molecule has 2 nitrogen and oxygen atoms in total. The van der Waals surface area contributed by atoms with E-state index in [0.717, 1.165) is 28.2 Å². The fourth-order valence-electron chi connectivity index (χ4n) is 5.63. The van der Waals surface area contributed by atoms with Crippen LogP contribution in [0.15, 0.2) is 128 Å². The number of anilines is 2. The van der Waals surface area contributed by atoms with Crippen molar-refractivity contribution in [3.63, 3.8) is 0 Å². The summed E-state index contributed by atoms with van der Waals surface area (Å²) in [5.41, 5.74) is 7.72. The molecule has 0 spiro atoms. The molecule has 0 bridgehead atoms. The highest BCUT2D eigenvalue weighted by molar-refractivity contribution is 7.26. The van der Waals surface area contributed by atoms with Gasteiger partial charge in [0, 0.05) is 54.0 Å². The molecule has 0 N–H and O–H groups in total. The number of nitrogens with zero attached hydrogens (tertiary/aromatic N) is 2. The third-order valence-electron chi connectivity index (χ3n) is 7.40. The van der Waals surface area contributed by atoms with E-state index in [0.29, 0.717) is 0 Å². The fraction of sp³-hybridized carbons (Fsp3) is 0. The Kier molecular flexibility index (Phi) is 4.73. The third-order valence-corrected chi connectivity index (χ3v) is 8.62. The van der Waals surface area contributed by atoms with Gasteiger partial charge < -0.3 is 4.90 Å². The number of fused-ring (bicyclic) bond motifs is 4. The molecular formula is C35H22N2S. The zero-order valence-corrected chi connectivity index (χ0v) is 21.3. The van der Waals surface area contributed by atoms with Gasteiger partial charge in [0.25, 0.3) is 0 Å². The molecule has 0 fully saturated rings. The van der Waals surface area contributed by atoms with Crippen LogP contribution in [0, 0.1) is 0 Å². The van der Waals surface area contributed by atoms with Crippen LogP contribution in [0.5, 0.6) is 0 Å². The Morgan fingerprint density at radius 1 is 0.579 bits per heavy atom. The average Bonchev–Trinajstić information content (AvgIpc) is 3.37. The number of benzene rings is 5. The first-order valence-electron chi connectivity index (χ1n) is 12.8. The molecule has 3 heteroatoms. The van der Waals surface area contributed by atoms with Crippen LogP contribution in [0.2, 0.25) is 0 Å². The van der Waals surface area contributed by atoms with Gasteiger partial charge in [-0.25, -0.2) is 4.98 Å². The van der Waals surface area contributed by atoms with Crippen molar-refractivity contribution in [2.75, 3.05) is 4.90 Å². The highest BCUT2D eigenvalue weighted by atomic mass is 32.1. The van der Waals surface area contributed by atoms with Crippen LogP contribution in [0.4, 0.5) is 11.4 Å². The topological polar surface area (TPSA) is 16.1 Å². The predicted octanol–water partition coefficient (Wildman–Crippen LogP) is 10.1. The minimum Gasteiger partial charge on any atom is -0.316 e. The van der Waals surface area contributed by atoms with E-state index in [1.54, 1.807) is 0 Å². The van der Waals surface area contributed by atoms with E-state index >= 15 is 0 Å². The molecule has 0 atom stereocenters. The number of rotatable bonds is 3. The molecule has 1 aliphatic heterocycles. The van der Waals surface area contributed by atoms with Crippen LogP contribution in [0.1, 0.15) is 5.56 Å². The molecule has 0 aliphatic carbocycles. The predicted molar refractivity (Wildman–Crippen MR) is 163 cm³/mol. The Bertz CT molecular complexity index is 1960.